The number of halogens is 1. The maximum Gasteiger partial charge on any atom is 0.254 e. The molecule has 0 fully saturated rings. The molecule has 0 saturated carbocycles. The number of carbonyl (C=O) groups is 2. The fourth-order valence-electron chi connectivity index (χ4n) is 2.97. The molecule has 1 aliphatic rings. The van der Waals surface area contributed by atoms with Crippen molar-refractivity contribution in [3.8, 4) is 0 Å². The number of rotatable bonds is 5. The molecule has 0 aliphatic carbocycles. The molecule has 2 rings (SSSR count). The van der Waals surface area contributed by atoms with E-state index in [-0.39, 0.29) is 29.2 Å². The number of carbonyl (C=O) groups excluding carboxylic acids is 2. The predicted octanol–water partition coefficient (Wildman–Crippen LogP) is 2.67. The van der Waals surface area contributed by atoms with Gasteiger partial charge in [0.2, 0.25) is 6.41 Å². The second kappa shape index (κ2) is 8.21. The molecule has 0 spiro atoms. The Morgan fingerprint density at radius 3 is 2.69 bits per heavy atom. The highest BCUT2D eigenvalue weighted by atomic mass is 19.1. The van der Waals surface area contributed by atoms with E-state index < -0.39 is 11.7 Å². The highest BCUT2D eigenvalue weighted by Gasteiger charge is 2.30. The van der Waals surface area contributed by atoms with E-state index >= 15 is 0 Å². The van der Waals surface area contributed by atoms with Gasteiger partial charge in [-0.1, -0.05) is 13.8 Å². The lowest BCUT2D eigenvalue weighted by molar-refractivity contribution is -0.107. The highest BCUT2D eigenvalue weighted by Crippen LogP contribution is 2.29. The molecule has 1 aliphatic heterocycles. The van der Waals surface area contributed by atoms with Crippen LogP contribution in [0.1, 0.15) is 43.2 Å². The fraction of sp³-hybridized carbons (Fsp3) is 0.474. The van der Waals surface area contributed by atoms with Crippen molar-refractivity contribution < 1.29 is 14.0 Å². The van der Waals surface area contributed by atoms with Crippen LogP contribution in [0.3, 0.4) is 0 Å². The molecule has 1 aromatic rings. The Bertz CT molecular complexity index is 758. The number of pyridine rings is 1. The van der Waals surface area contributed by atoms with Crippen LogP contribution < -0.4 is 10.2 Å². The topological polar surface area (TPSA) is 74.7 Å². The Balaban J connectivity index is 2.55. The van der Waals surface area contributed by atoms with Gasteiger partial charge in [0.25, 0.3) is 5.91 Å². The normalized spacial score (nSPS) is 19.7. The first-order valence-corrected chi connectivity index (χ1v) is 8.62. The molecule has 1 aromatic heterocycles. The second-order valence-electron chi connectivity index (χ2n) is 6.79. The summed E-state index contributed by atoms with van der Waals surface area (Å²) >= 11 is 0. The van der Waals surface area contributed by atoms with Gasteiger partial charge in [0.15, 0.2) is 0 Å². The molecule has 2 atom stereocenters. The first kappa shape index (κ1) is 19.8. The molecule has 2 heterocycles. The number of aryl methyl sites for hydroxylation is 1. The van der Waals surface area contributed by atoms with Crippen molar-refractivity contribution in [3.63, 3.8) is 0 Å². The zero-order chi connectivity index (χ0) is 19.4. The van der Waals surface area contributed by atoms with Crippen LogP contribution in [0, 0.1) is 18.7 Å². The summed E-state index contributed by atoms with van der Waals surface area (Å²) in [5, 5.41) is 2.47. The molecule has 0 radical (unpaired) electrons. The van der Waals surface area contributed by atoms with Gasteiger partial charge in [-0.3, -0.25) is 19.5 Å². The number of amides is 2. The summed E-state index contributed by atoms with van der Waals surface area (Å²) in [6, 6.07) is 0.837. The van der Waals surface area contributed by atoms with E-state index in [2.05, 4.69) is 29.1 Å². The van der Waals surface area contributed by atoms with Crippen LogP contribution in [0.5, 0.6) is 0 Å². The van der Waals surface area contributed by atoms with E-state index in [0.717, 1.165) is 11.6 Å². The largest absolute Gasteiger partial charge is 0.355 e. The van der Waals surface area contributed by atoms with Crippen molar-refractivity contribution in [3.05, 3.63) is 34.8 Å². The molecule has 1 N–H and O–H groups in total. The molecular formula is C19H25FN4O2. The maximum absolute atomic E-state index is 14.0. The van der Waals surface area contributed by atoms with Gasteiger partial charge >= 0.3 is 0 Å². The quantitative estimate of drug-likeness (QED) is 0.821. The Hall–Kier alpha value is -2.57. The summed E-state index contributed by atoms with van der Waals surface area (Å²) in [6.07, 6.45) is 4.86. The number of hydrogen-bond acceptors (Lipinski definition) is 4. The third-order valence-electron chi connectivity index (χ3n) is 4.67. The van der Waals surface area contributed by atoms with Crippen LogP contribution in [-0.2, 0) is 4.79 Å². The van der Waals surface area contributed by atoms with Gasteiger partial charge in [0.1, 0.15) is 11.6 Å². The van der Waals surface area contributed by atoms with Crippen LogP contribution in [0.2, 0.25) is 0 Å². The number of aromatic nitrogens is 1. The van der Waals surface area contributed by atoms with E-state index in [1.807, 2.05) is 13.0 Å². The summed E-state index contributed by atoms with van der Waals surface area (Å²) in [6.45, 7) is 7.56. The highest BCUT2D eigenvalue weighted by molar-refractivity contribution is 6.01. The van der Waals surface area contributed by atoms with Crippen molar-refractivity contribution in [2.24, 2.45) is 10.9 Å². The Morgan fingerprint density at radius 1 is 1.42 bits per heavy atom. The molecule has 140 valence electrons. The first-order valence-electron chi connectivity index (χ1n) is 8.62. The lowest BCUT2D eigenvalue weighted by Gasteiger charge is -2.31. The number of hydrogen-bond donors (Lipinski definition) is 1. The fourth-order valence-corrected chi connectivity index (χ4v) is 2.97. The van der Waals surface area contributed by atoms with Gasteiger partial charge in [-0.2, -0.15) is 0 Å². The average Bonchev–Trinajstić information content (AvgIpc) is 2.80. The molecule has 2 amide bonds. The van der Waals surface area contributed by atoms with Crippen LogP contribution >= 0.6 is 0 Å². The van der Waals surface area contributed by atoms with Gasteiger partial charge < -0.3 is 5.32 Å². The monoisotopic (exact) mass is 360 g/mol. The van der Waals surface area contributed by atoms with Gasteiger partial charge in [0, 0.05) is 13.3 Å². The summed E-state index contributed by atoms with van der Waals surface area (Å²) in [5.41, 5.74) is 1.09. The molecule has 0 unspecified atom stereocenters. The summed E-state index contributed by atoms with van der Waals surface area (Å²) < 4.78 is 14.0. The van der Waals surface area contributed by atoms with Crippen LogP contribution in [-0.4, -0.2) is 42.6 Å². The third kappa shape index (κ3) is 3.98. The minimum absolute atomic E-state index is 0.0288. The lowest BCUT2D eigenvalue weighted by Crippen LogP contribution is -2.40. The van der Waals surface area contributed by atoms with Crippen LogP contribution in [0.4, 0.5) is 10.2 Å². The Morgan fingerprint density at radius 2 is 2.12 bits per heavy atom. The van der Waals surface area contributed by atoms with Crippen LogP contribution in [0.25, 0.3) is 0 Å². The van der Waals surface area contributed by atoms with Gasteiger partial charge in [0.05, 0.1) is 23.3 Å². The van der Waals surface area contributed by atoms with Crippen molar-refractivity contribution in [1.29, 1.82) is 0 Å². The van der Waals surface area contributed by atoms with Crippen molar-refractivity contribution >= 4 is 24.3 Å². The average molecular weight is 360 g/mol. The number of allylic oxidation sites excluding steroid dienone is 1. The SMILES string of the molecule is CNC(=O)c1cc(F)c(C)nc1N(C=O)[C@@H]1C[C@H](C(C)C)N=CC=C1C. The van der Waals surface area contributed by atoms with E-state index in [0.29, 0.717) is 18.7 Å². The zero-order valence-electron chi connectivity index (χ0n) is 15.8. The minimum atomic E-state index is -0.588. The number of nitrogens with zero attached hydrogens (tertiary/aromatic N) is 3. The van der Waals surface area contributed by atoms with E-state index in [4.69, 9.17) is 0 Å². The van der Waals surface area contributed by atoms with E-state index in [1.54, 1.807) is 6.21 Å². The van der Waals surface area contributed by atoms with Gasteiger partial charge in [-0.15, -0.1) is 0 Å². The third-order valence-corrected chi connectivity index (χ3v) is 4.67. The second-order valence-corrected chi connectivity index (χ2v) is 6.79. The molecule has 26 heavy (non-hydrogen) atoms. The Kier molecular flexibility index (Phi) is 6.23. The van der Waals surface area contributed by atoms with Crippen molar-refractivity contribution in [1.82, 2.24) is 10.3 Å². The number of anilines is 1. The lowest BCUT2D eigenvalue weighted by atomic mass is 9.93. The molecule has 7 heteroatoms. The predicted molar refractivity (Wildman–Crippen MR) is 100 cm³/mol. The van der Waals surface area contributed by atoms with Crippen molar-refractivity contribution in [2.45, 2.75) is 46.2 Å². The van der Waals surface area contributed by atoms with Gasteiger partial charge in [-0.25, -0.2) is 9.37 Å². The number of nitrogens with one attached hydrogen (secondary N) is 1. The number of aliphatic imine (C=N–C) groups is 1. The summed E-state index contributed by atoms with van der Waals surface area (Å²) in [7, 11) is 1.45. The van der Waals surface area contributed by atoms with E-state index in [1.165, 1.54) is 18.9 Å². The smallest absolute Gasteiger partial charge is 0.254 e. The zero-order valence-corrected chi connectivity index (χ0v) is 15.8. The minimum Gasteiger partial charge on any atom is -0.355 e. The molecule has 0 bridgehead atoms. The molecular weight excluding hydrogens is 335 g/mol. The van der Waals surface area contributed by atoms with Crippen LogP contribution in [0.15, 0.2) is 22.7 Å². The maximum atomic E-state index is 14.0. The summed E-state index contributed by atoms with van der Waals surface area (Å²) in [4.78, 5) is 34.4. The Labute approximate surface area is 153 Å². The standard InChI is InChI=1S/C19H25FN4O2/c1-11(2)16-9-17(12(3)6-7-22-16)24(10-25)18-14(19(26)21-5)8-15(20)13(4)23-18/h6-8,10-11,16-17H,9H2,1-5H3,(H,21,26)/t16-,17-/m1/s1. The van der Waals surface area contributed by atoms with E-state index in [9.17, 15) is 14.0 Å². The van der Waals surface area contributed by atoms with Gasteiger partial charge in [-0.05, 0) is 43.9 Å². The molecule has 0 saturated heterocycles. The summed E-state index contributed by atoms with van der Waals surface area (Å²) in [5.74, 6) is -0.636. The molecule has 0 aromatic carbocycles. The molecule has 6 nitrogen and oxygen atoms in total. The van der Waals surface area contributed by atoms with Crippen molar-refractivity contribution in [2.75, 3.05) is 11.9 Å². The first-order chi connectivity index (χ1) is 12.3.